The number of nitrogens with two attached hydrogens (primary N) is 1. The summed E-state index contributed by atoms with van der Waals surface area (Å²) in [6.07, 6.45) is 3.51. The van der Waals surface area contributed by atoms with Crippen LogP contribution in [0.25, 0.3) is 22.2 Å². The smallest absolute Gasteiger partial charge is 0.148 e. The molecule has 0 aliphatic rings. The standard InChI is InChI=1S/C18H23ClN4OSi/c1-25(2,3)9-8-24-12-23-10-15(13-4-6-14(19)7-5-13)16-17(20)21-11-22-18(16)23/h4-7,10-11H,8-9,12H2,1-3H3,(H2,20,21,22). The fraction of sp³-hybridized carbons (Fsp3) is 0.333. The summed E-state index contributed by atoms with van der Waals surface area (Å²) in [6.45, 7) is 8.23. The summed E-state index contributed by atoms with van der Waals surface area (Å²) in [7, 11) is -1.10. The van der Waals surface area contributed by atoms with E-state index < -0.39 is 8.07 Å². The summed E-state index contributed by atoms with van der Waals surface area (Å²) in [5.41, 5.74) is 8.92. The number of hydrogen-bond donors (Lipinski definition) is 1. The predicted molar refractivity (Wildman–Crippen MR) is 106 cm³/mol. The highest BCUT2D eigenvalue weighted by Gasteiger charge is 2.16. The normalized spacial score (nSPS) is 12.0. The lowest BCUT2D eigenvalue weighted by atomic mass is 10.1. The number of rotatable bonds is 6. The van der Waals surface area contributed by atoms with Crippen LogP contribution in [-0.2, 0) is 11.5 Å². The molecule has 1 aromatic carbocycles. The highest BCUT2D eigenvalue weighted by Crippen LogP contribution is 2.33. The summed E-state index contributed by atoms with van der Waals surface area (Å²) >= 11 is 6.00. The number of nitrogen functional groups attached to an aromatic ring is 1. The van der Waals surface area contributed by atoms with E-state index in [0.29, 0.717) is 17.6 Å². The van der Waals surface area contributed by atoms with E-state index in [4.69, 9.17) is 22.1 Å². The third-order valence-corrected chi connectivity index (χ3v) is 6.02. The zero-order valence-electron chi connectivity index (χ0n) is 14.8. The predicted octanol–water partition coefficient (Wildman–Crippen LogP) is 4.65. The fourth-order valence-corrected chi connectivity index (χ4v) is 3.52. The van der Waals surface area contributed by atoms with Crippen molar-refractivity contribution in [2.75, 3.05) is 12.3 Å². The van der Waals surface area contributed by atoms with E-state index in [1.165, 1.54) is 6.33 Å². The molecule has 2 heterocycles. The van der Waals surface area contributed by atoms with Crippen LogP contribution < -0.4 is 5.73 Å². The monoisotopic (exact) mass is 374 g/mol. The van der Waals surface area contributed by atoms with E-state index >= 15 is 0 Å². The van der Waals surface area contributed by atoms with E-state index in [1.807, 2.05) is 35.0 Å². The second kappa shape index (κ2) is 7.15. The Morgan fingerprint density at radius 2 is 1.88 bits per heavy atom. The largest absolute Gasteiger partial charge is 0.383 e. The van der Waals surface area contributed by atoms with Gasteiger partial charge in [-0.25, -0.2) is 9.97 Å². The van der Waals surface area contributed by atoms with Gasteiger partial charge in [0.05, 0.1) is 5.39 Å². The van der Waals surface area contributed by atoms with Gasteiger partial charge in [0.1, 0.15) is 24.5 Å². The first-order valence-corrected chi connectivity index (χ1v) is 12.4. The number of halogens is 1. The Balaban J connectivity index is 1.92. The van der Waals surface area contributed by atoms with E-state index in [0.717, 1.165) is 34.8 Å². The molecule has 5 nitrogen and oxygen atoms in total. The van der Waals surface area contributed by atoms with Gasteiger partial charge in [-0.05, 0) is 23.7 Å². The topological polar surface area (TPSA) is 66.0 Å². The number of aromatic nitrogens is 3. The summed E-state index contributed by atoms with van der Waals surface area (Å²) in [5.74, 6) is 0.468. The van der Waals surface area contributed by atoms with Gasteiger partial charge < -0.3 is 15.0 Å². The van der Waals surface area contributed by atoms with E-state index in [-0.39, 0.29) is 0 Å². The van der Waals surface area contributed by atoms with Crippen LogP contribution in [0.4, 0.5) is 5.82 Å². The van der Waals surface area contributed by atoms with Crippen LogP contribution in [0, 0.1) is 0 Å². The molecule has 3 aromatic rings. The van der Waals surface area contributed by atoms with Crippen molar-refractivity contribution >= 4 is 36.5 Å². The number of anilines is 1. The molecule has 0 saturated carbocycles. The van der Waals surface area contributed by atoms with Gasteiger partial charge in [-0.3, -0.25) is 0 Å². The number of hydrogen-bond acceptors (Lipinski definition) is 4. The lowest BCUT2D eigenvalue weighted by Crippen LogP contribution is -2.22. The van der Waals surface area contributed by atoms with E-state index in [9.17, 15) is 0 Å². The quantitative estimate of drug-likeness (QED) is 0.504. The Hall–Kier alpha value is -1.89. The van der Waals surface area contributed by atoms with Crippen molar-refractivity contribution in [3.8, 4) is 11.1 Å². The molecule has 0 amide bonds. The molecule has 7 heteroatoms. The molecule has 0 bridgehead atoms. The van der Waals surface area contributed by atoms with Crippen LogP contribution in [0.3, 0.4) is 0 Å². The average Bonchev–Trinajstić information content (AvgIpc) is 2.92. The minimum Gasteiger partial charge on any atom is -0.383 e. The molecule has 0 unspecified atom stereocenters. The Labute approximate surface area is 153 Å². The Bertz CT molecular complexity index is 871. The highest BCUT2D eigenvalue weighted by molar-refractivity contribution is 6.76. The van der Waals surface area contributed by atoms with Gasteiger partial charge in [0.25, 0.3) is 0 Å². The minimum atomic E-state index is -1.10. The molecule has 0 aliphatic carbocycles. The molecule has 25 heavy (non-hydrogen) atoms. The molecule has 0 spiro atoms. The lowest BCUT2D eigenvalue weighted by Gasteiger charge is -2.15. The zero-order valence-corrected chi connectivity index (χ0v) is 16.5. The van der Waals surface area contributed by atoms with Gasteiger partial charge >= 0.3 is 0 Å². The Kier molecular flexibility index (Phi) is 5.13. The van der Waals surface area contributed by atoms with Crippen LogP contribution >= 0.6 is 11.6 Å². The van der Waals surface area contributed by atoms with Crippen LogP contribution in [-0.4, -0.2) is 29.2 Å². The molecule has 0 fully saturated rings. The van der Waals surface area contributed by atoms with Crippen LogP contribution in [0.1, 0.15) is 0 Å². The Morgan fingerprint density at radius 1 is 1.16 bits per heavy atom. The van der Waals surface area contributed by atoms with Crippen molar-refractivity contribution in [3.63, 3.8) is 0 Å². The van der Waals surface area contributed by atoms with Crippen LogP contribution in [0.2, 0.25) is 30.7 Å². The molecular weight excluding hydrogens is 352 g/mol. The molecular formula is C18H23ClN4OSi. The maximum absolute atomic E-state index is 6.12. The molecule has 0 radical (unpaired) electrons. The first kappa shape index (κ1) is 17.9. The average molecular weight is 375 g/mol. The molecule has 0 saturated heterocycles. The third-order valence-electron chi connectivity index (χ3n) is 4.06. The van der Waals surface area contributed by atoms with Gasteiger partial charge in [-0.1, -0.05) is 43.4 Å². The van der Waals surface area contributed by atoms with Crippen molar-refractivity contribution in [1.82, 2.24) is 14.5 Å². The van der Waals surface area contributed by atoms with Gasteiger partial charge in [-0.2, -0.15) is 0 Å². The SMILES string of the molecule is C[Si](C)(C)CCOCn1cc(-c2ccc(Cl)cc2)c2c(N)ncnc21. The second-order valence-corrected chi connectivity index (χ2v) is 13.4. The summed E-state index contributed by atoms with van der Waals surface area (Å²) in [6, 6.07) is 8.81. The van der Waals surface area contributed by atoms with E-state index in [2.05, 4.69) is 29.6 Å². The number of ether oxygens (including phenoxy) is 1. The van der Waals surface area contributed by atoms with Crippen molar-refractivity contribution in [1.29, 1.82) is 0 Å². The fourth-order valence-electron chi connectivity index (χ4n) is 2.64. The molecule has 0 aliphatic heterocycles. The molecule has 2 N–H and O–H groups in total. The van der Waals surface area contributed by atoms with Crippen LogP contribution in [0.15, 0.2) is 36.8 Å². The number of nitrogens with zero attached hydrogens (tertiary/aromatic N) is 3. The van der Waals surface area contributed by atoms with E-state index in [1.54, 1.807) is 0 Å². The first-order valence-electron chi connectivity index (χ1n) is 8.28. The molecule has 0 atom stereocenters. The van der Waals surface area contributed by atoms with Gasteiger partial charge in [-0.15, -0.1) is 0 Å². The second-order valence-electron chi connectivity index (χ2n) is 7.32. The maximum atomic E-state index is 6.12. The van der Waals surface area contributed by atoms with Gasteiger partial charge in [0.15, 0.2) is 0 Å². The van der Waals surface area contributed by atoms with Crippen molar-refractivity contribution in [3.05, 3.63) is 41.8 Å². The maximum Gasteiger partial charge on any atom is 0.148 e. The summed E-state index contributed by atoms with van der Waals surface area (Å²) in [5, 5.41) is 1.55. The molecule has 3 rings (SSSR count). The minimum absolute atomic E-state index is 0.449. The summed E-state index contributed by atoms with van der Waals surface area (Å²) < 4.78 is 7.88. The van der Waals surface area contributed by atoms with Crippen molar-refractivity contribution in [2.45, 2.75) is 32.4 Å². The lowest BCUT2D eigenvalue weighted by molar-refractivity contribution is 0.0899. The summed E-state index contributed by atoms with van der Waals surface area (Å²) in [4.78, 5) is 8.55. The first-order chi connectivity index (χ1) is 11.8. The highest BCUT2D eigenvalue weighted by atomic mass is 35.5. The Morgan fingerprint density at radius 3 is 2.56 bits per heavy atom. The van der Waals surface area contributed by atoms with Crippen LogP contribution in [0.5, 0.6) is 0 Å². The molecule has 132 valence electrons. The number of fused-ring (bicyclic) bond motifs is 1. The van der Waals surface area contributed by atoms with Crippen molar-refractivity contribution < 1.29 is 4.74 Å². The zero-order chi connectivity index (χ0) is 18.0. The third kappa shape index (κ3) is 4.20. The number of benzene rings is 1. The van der Waals surface area contributed by atoms with Gasteiger partial charge in [0.2, 0.25) is 0 Å². The van der Waals surface area contributed by atoms with Crippen molar-refractivity contribution in [2.24, 2.45) is 0 Å². The molecule has 2 aromatic heterocycles. The van der Waals surface area contributed by atoms with Gasteiger partial charge in [0, 0.05) is 31.5 Å².